The summed E-state index contributed by atoms with van der Waals surface area (Å²) in [7, 11) is 0. The lowest BCUT2D eigenvalue weighted by Gasteiger charge is -2.05. The van der Waals surface area contributed by atoms with Crippen molar-refractivity contribution in [3.63, 3.8) is 0 Å². The Balaban J connectivity index is 2.69. The van der Waals surface area contributed by atoms with Gasteiger partial charge in [-0.1, -0.05) is 0 Å². The summed E-state index contributed by atoms with van der Waals surface area (Å²) < 4.78 is 0. The zero-order valence-corrected chi connectivity index (χ0v) is 10.8. The molecule has 2 aromatic carbocycles. The summed E-state index contributed by atoms with van der Waals surface area (Å²) in [5.74, 6) is -1.79. The Morgan fingerprint density at radius 1 is 1.14 bits per heavy atom. The number of phenols is 1. The Labute approximate surface area is 120 Å². The summed E-state index contributed by atoms with van der Waals surface area (Å²) in [5, 5.41) is 27.8. The molecule has 0 unspecified atom stereocenters. The summed E-state index contributed by atoms with van der Waals surface area (Å²) in [6, 6.07) is 3.01. The lowest BCUT2D eigenvalue weighted by molar-refractivity contribution is 0.0699. The molecule has 110 valence electrons. The van der Waals surface area contributed by atoms with Gasteiger partial charge in [-0.25, -0.2) is 9.78 Å². The second kappa shape index (κ2) is 4.55. The molecule has 22 heavy (non-hydrogen) atoms. The van der Waals surface area contributed by atoms with Gasteiger partial charge in [0.05, 0.1) is 22.6 Å². The van der Waals surface area contributed by atoms with Gasteiger partial charge in [0.2, 0.25) is 10.9 Å². The first-order valence-corrected chi connectivity index (χ1v) is 6.04. The number of phenolic OH excluding ortho intramolecular Hbond substituents is 1. The van der Waals surface area contributed by atoms with Gasteiger partial charge in [0.1, 0.15) is 22.3 Å². The second-order valence-electron chi connectivity index (χ2n) is 4.54. The number of aromatic nitrogens is 2. The number of fused-ring (bicyclic) bond motifs is 2. The van der Waals surface area contributed by atoms with Crippen molar-refractivity contribution in [2.75, 3.05) is 0 Å². The summed E-state index contributed by atoms with van der Waals surface area (Å²) in [5.41, 5.74) is -1.98. The minimum atomic E-state index is -1.29. The largest absolute Gasteiger partial charge is 0.515 e. The first kappa shape index (κ1) is 13.6. The predicted octanol–water partition coefficient (Wildman–Crippen LogP) is -0.145. The van der Waals surface area contributed by atoms with Gasteiger partial charge in [-0.15, -0.1) is 0 Å². The Morgan fingerprint density at radius 3 is 2.50 bits per heavy atom. The number of carboxylic acid groups (broad SMARTS) is 1. The highest BCUT2D eigenvalue weighted by Crippen LogP contribution is 2.15. The highest BCUT2D eigenvalue weighted by Gasteiger charge is 2.15. The van der Waals surface area contributed by atoms with E-state index >= 15 is 0 Å². The van der Waals surface area contributed by atoms with Crippen LogP contribution in [0.5, 0.6) is 5.75 Å². The molecule has 3 aromatic rings. The first-order chi connectivity index (χ1) is 10.4. The highest BCUT2D eigenvalue weighted by atomic mass is 16.4. The summed E-state index contributed by atoms with van der Waals surface area (Å²) in [4.78, 5) is 41.5. The van der Waals surface area contributed by atoms with Crippen molar-refractivity contribution in [2.45, 2.75) is 0 Å². The average Bonchev–Trinajstić information content (AvgIpc) is 2.46. The van der Waals surface area contributed by atoms with Crippen LogP contribution in [0.1, 0.15) is 10.4 Å². The monoisotopic (exact) mass is 300 g/mol. The predicted molar refractivity (Wildman–Crippen MR) is 77.1 cm³/mol. The number of hydrogen-bond donors (Lipinski definition) is 4. The van der Waals surface area contributed by atoms with E-state index in [9.17, 15) is 24.6 Å². The third kappa shape index (κ3) is 1.78. The maximum absolute atomic E-state index is 11.9. The molecule has 0 fully saturated rings. The molecule has 0 atom stereocenters. The molecule has 0 amide bonds. The fourth-order valence-corrected chi connectivity index (χ4v) is 2.24. The molecule has 0 spiro atoms. The summed E-state index contributed by atoms with van der Waals surface area (Å²) >= 11 is 0. The van der Waals surface area contributed by atoms with E-state index in [0.717, 1.165) is 18.2 Å². The molecule has 4 N–H and O–H groups in total. The molecule has 0 saturated heterocycles. The lowest BCUT2D eigenvalue weighted by Crippen LogP contribution is -2.17. The van der Waals surface area contributed by atoms with E-state index in [4.69, 9.17) is 5.11 Å². The third-order valence-corrected chi connectivity index (χ3v) is 3.26. The molecule has 0 aliphatic heterocycles. The van der Waals surface area contributed by atoms with E-state index in [1.807, 2.05) is 0 Å². The number of rotatable bonds is 1. The van der Waals surface area contributed by atoms with E-state index in [1.165, 1.54) is 0 Å². The number of benzene rings is 2. The van der Waals surface area contributed by atoms with E-state index in [-0.39, 0.29) is 32.8 Å². The number of nitrogens with one attached hydrogen (secondary N) is 1. The molecule has 3 rings (SSSR count). The van der Waals surface area contributed by atoms with Crippen molar-refractivity contribution in [3.05, 3.63) is 49.4 Å². The van der Waals surface area contributed by atoms with Crippen molar-refractivity contribution in [3.8, 4) is 5.75 Å². The number of aromatic amines is 1. The minimum absolute atomic E-state index is 0.0980. The van der Waals surface area contributed by atoms with Gasteiger partial charge in [-0.05, 0) is 12.1 Å². The topological polar surface area (TPSA) is 141 Å². The minimum Gasteiger partial charge on any atom is -0.515 e. The Kier molecular flexibility index (Phi) is 2.81. The maximum Gasteiger partial charge on any atom is 0.337 e. The van der Waals surface area contributed by atoms with Gasteiger partial charge in [-0.3, -0.25) is 9.59 Å². The molecule has 0 saturated carbocycles. The molecule has 0 bridgehead atoms. The van der Waals surface area contributed by atoms with Crippen molar-refractivity contribution in [1.29, 1.82) is 0 Å². The number of aliphatic hydroxyl groups is 1. The van der Waals surface area contributed by atoms with Crippen LogP contribution in [-0.2, 0) is 0 Å². The zero-order valence-electron chi connectivity index (χ0n) is 10.8. The van der Waals surface area contributed by atoms with Crippen molar-refractivity contribution in [1.82, 2.24) is 9.97 Å². The van der Waals surface area contributed by atoms with Crippen LogP contribution in [0, 0.1) is 0 Å². The number of nitrogens with zero attached hydrogens (tertiary/aromatic N) is 1. The van der Waals surface area contributed by atoms with Crippen LogP contribution >= 0.6 is 0 Å². The normalized spacial score (nSPS) is 12.1. The van der Waals surface area contributed by atoms with Crippen LogP contribution in [-0.4, -0.2) is 31.3 Å². The number of hydrogen-bond acceptors (Lipinski definition) is 6. The first-order valence-electron chi connectivity index (χ1n) is 6.04. The summed E-state index contributed by atoms with van der Waals surface area (Å²) in [6.07, 6.45) is 0.551. The van der Waals surface area contributed by atoms with Gasteiger partial charge in [0.25, 0.3) is 0 Å². The molecular weight excluding hydrogens is 292 g/mol. The van der Waals surface area contributed by atoms with Crippen molar-refractivity contribution < 1.29 is 20.1 Å². The van der Waals surface area contributed by atoms with Crippen LogP contribution in [0.3, 0.4) is 0 Å². The molecular formula is C14H8N2O6. The second-order valence-corrected chi connectivity index (χ2v) is 4.54. The third-order valence-electron chi connectivity index (χ3n) is 3.26. The van der Waals surface area contributed by atoms with E-state index in [0.29, 0.717) is 6.26 Å². The lowest BCUT2D eigenvalue weighted by atomic mass is 10.1. The number of carbonyl (C=O) groups is 1. The van der Waals surface area contributed by atoms with Crippen molar-refractivity contribution >= 4 is 34.3 Å². The standard InChI is InChI=1S/C14H8N2O6/c17-4-6-8(19)3-9(20)13-11(6)16-12-7(18)2-1-5(14(21)22)10(12)15-13/h1-4,15,17,19H,(H,21,22)/b6-4+. The number of carboxylic acids is 1. The van der Waals surface area contributed by atoms with E-state index < -0.39 is 22.6 Å². The number of aliphatic hydroxyl groups excluding tert-OH is 1. The van der Waals surface area contributed by atoms with Crippen LogP contribution in [0.15, 0.2) is 27.8 Å². The summed E-state index contributed by atoms with van der Waals surface area (Å²) in [6.45, 7) is 0. The zero-order chi connectivity index (χ0) is 16.0. The van der Waals surface area contributed by atoms with Gasteiger partial charge < -0.3 is 20.3 Å². The van der Waals surface area contributed by atoms with Crippen molar-refractivity contribution in [2.24, 2.45) is 0 Å². The number of aromatic carboxylic acids is 1. The van der Waals surface area contributed by atoms with Gasteiger partial charge in [0, 0.05) is 6.07 Å². The molecule has 0 aliphatic rings. The highest BCUT2D eigenvalue weighted by molar-refractivity contribution is 6.02. The Bertz CT molecular complexity index is 1120. The number of H-pyrrole nitrogens is 1. The molecule has 0 aliphatic carbocycles. The van der Waals surface area contributed by atoms with Gasteiger partial charge in [0.15, 0.2) is 0 Å². The SMILES string of the molecule is O=C(O)c1ccc(=O)c2nc3/c(=C/O)c(O)cc(=O)c3[nH]c12. The fraction of sp³-hybridized carbons (Fsp3) is 0. The van der Waals surface area contributed by atoms with Crippen LogP contribution in [0.25, 0.3) is 28.3 Å². The van der Waals surface area contributed by atoms with Crippen LogP contribution in [0.2, 0.25) is 0 Å². The van der Waals surface area contributed by atoms with Crippen LogP contribution < -0.4 is 16.1 Å². The van der Waals surface area contributed by atoms with Gasteiger partial charge in [-0.2, -0.15) is 0 Å². The Hall–Kier alpha value is -3.42. The molecule has 1 aromatic heterocycles. The van der Waals surface area contributed by atoms with E-state index in [1.54, 1.807) is 0 Å². The Morgan fingerprint density at radius 2 is 1.86 bits per heavy atom. The quantitative estimate of drug-likeness (QED) is 0.458. The molecule has 8 nitrogen and oxygen atoms in total. The average molecular weight is 300 g/mol. The van der Waals surface area contributed by atoms with Gasteiger partial charge >= 0.3 is 5.97 Å². The molecule has 1 heterocycles. The molecule has 8 heteroatoms. The molecule has 0 radical (unpaired) electrons. The van der Waals surface area contributed by atoms with Crippen LogP contribution in [0.4, 0.5) is 0 Å². The number of aromatic hydroxyl groups is 1. The van der Waals surface area contributed by atoms with E-state index in [2.05, 4.69) is 9.97 Å². The maximum atomic E-state index is 11.9. The fourth-order valence-electron chi connectivity index (χ4n) is 2.24. The smallest absolute Gasteiger partial charge is 0.337 e.